The minimum atomic E-state index is -3.22. The number of anilines is 2. The fourth-order valence-corrected chi connectivity index (χ4v) is 8.54. The van der Waals surface area contributed by atoms with E-state index in [0.29, 0.717) is 16.9 Å². The fourth-order valence-electron chi connectivity index (χ4n) is 6.00. The lowest BCUT2D eigenvalue weighted by molar-refractivity contribution is -0.143. The first-order valence-corrected chi connectivity index (χ1v) is 14.9. The van der Waals surface area contributed by atoms with E-state index < -0.39 is 31.6 Å². The van der Waals surface area contributed by atoms with Crippen LogP contribution < -0.4 is 10.6 Å². The number of para-hydroxylation sites is 1. The first kappa shape index (κ1) is 23.7. The van der Waals surface area contributed by atoms with Gasteiger partial charge in [-0.15, -0.1) is 0 Å². The molecule has 1 spiro atoms. The molecule has 1 aromatic heterocycles. The number of ether oxygens (including phenoxy) is 1. The second-order valence-corrected chi connectivity index (χ2v) is 13.9. The molecule has 0 saturated carbocycles. The van der Waals surface area contributed by atoms with Gasteiger partial charge in [-0.2, -0.15) is 0 Å². The average molecular weight is 496 g/mol. The number of aromatic amines is 1. The highest BCUT2D eigenvalue weighted by molar-refractivity contribution is 6.72. The maximum Gasteiger partial charge on any atom is 0.261 e. The van der Waals surface area contributed by atoms with Crippen LogP contribution in [0.5, 0.6) is 0 Å². The molecule has 2 amide bonds. The van der Waals surface area contributed by atoms with E-state index in [1.165, 1.54) is 0 Å². The zero-order valence-electron chi connectivity index (χ0n) is 20.0. The van der Waals surface area contributed by atoms with Gasteiger partial charge in [0.05, 0.1) is 12.5 Å². The van der Waals surface area contributed by atoms with Crippen LogP contribution in [0.4, 0.5) is 15.5 Å². The molecule has 2 aromatic carbocycles. The number of aliphatic hydroxyl groups is 1. The van der Waals surface area contributed by atoms with Gasteiger partial charge < -0.3 is 29.6 Å². The maximum atomic E-state index is 15.4. The monoisotopic (exact) mass is 495 g/mol. The fraction of sp³-hybridized carbons (Fsp3) is 0.385. The molecule has 9 heteroatoms. The number of rotatable bonds is 6. The Bertz CT molecular complexity index is 1300. The van der Waals surface area contributed by atoms with Gasteiger partial charge in [-0.1, -0.05) is 25.1 Å². The third-order valence-electron chi connectivity index (χ3n) is 7.44. The van der Waals surface area contributed by atoms with E-state index in [1.54, 1.807) is 31.3 Å². The molecule has 1 saturated heterocycles. The van der Waals surface area contributed by atoms with Gasteiger partial charge in [-0.05, 0) is 49.3 Å². The number of aromatic nitrogens is 1. The molecule has 0 radical (unpaired) electrons. The Balaban J connectivity index is 1.43. The lowest BCUT2D eigenvalue weighted by Crippen LogP contribution is -2.42. The number of H-pyrrole nitrogens is 1. The van der Waals surface area contributed by atoms with Crippen molar-refractivity contribution >= 4 is 42.5 Å². The number of aliphatic hydroxyl groups excluding tert-OH is 1. The van der Waals surface area contributed by atoms with Crippen LogP contribution in [-0.4, -0.2) is 43.0 Å². The molecule has 0 aliphatic carbocycles. The van der Waals surface area contributed by atoms with E-state index in [9.17, 15) is 14.7 Å². The van der Waals surface area contributed by atoms with E-state index in [2.05, 4.69) is 15.6 Å². The molecule has 2 aliphatic heterocycles. The smallest absolute Gasteiger partial charge is 0.261 e. The van der Waals surface area contributed by atoms with Crippen molar-refractivity contribution in [3.05, 3.63) is 59.8 Å². The van der Waals surface area contributed by atoms with Crippen LogP contribution in [-0.2, 0) is 26.3 Å². The molecule has 0 bridgehead atoms. The number of benzene rings is 2. The van der Waals surface area contributed by atoms with Crippen molar-refractivity contribution < 1.29 is 23.5 Å². The molecule has 4 atom stereocenters. The van der Waals surface area contributed by atoms with Crippen molar-refractivity contribution in [3.8, 4) is 0 Å². The van der Waals surface area contributed by atoms with E-state index in [0.717, 1.165) is 16.5 Å². The van der Waals surface area contributed by atoms with Gasteiger partial charge in [-0.3, -0.25) is 9.59 Å². The zero-order chi connectivity index (χ0) is 25.0. The van der Waals surface area contributed by atoms with Gasteiger partial charge in [-0.25, -0.2) is 0 Å². The van der Waals surface area contributed by atoms with Crippen LogP contribution in [0.1, 0.15) is 24.5 Å². The minimum Gasteiger partial charge on any atom is -0.396 e. The minimum absolute atomic E-state index is 0.146. The van der Waals surface area contributed by atoms with Crippen LogP contribution in [0, 0.1) is 5.92 Å². The number of nitrogens with one attached hydrogen (secondary N) is 3. The number of halogens is 1. The van der Waals surface area contributed by atoms with Crippen molar-refractivity contribution in [2.75, 3.05) is 17.2 Å². The Morgan fingerprint density at radius 2 is 2.03 bits per heavy atom. The SMILES string of the molecule is C[C@@H]1[C@@H]([Si](C)(C)F)[C@H](CCO)O[C@@]12C(=O)Nc1ccc(NC(=O)Cc3c[nH]c4ccccc34)cc12. The molecular formula is C26H30FN3O4Si. The van der Waals surface area contributed by atoms with Crippen molar-refractivity contribution in [2.45, 2.75) is 50.1 Å². The third-order valence-corrected chi connectivity index (χ3v) is 9.90. The molecular weight excluding hydrogens is 465 g/mol. The van der Waals surface area contributed by atoms with Gasteiger partial charge in [0, 0.05) is 52.1 Å². The third kappa shape index (κ3) is 3.87. The predicted molar refractivity (Wildman–Crippen MR) is 135 cm³/mol. The van der Waals surface area contributed by atoms with E-state index >= 15 is 4.11 Å². The van der Waals surface area contributed by atoms with E-state index in [4.69, 9.17) is 4.74 Å². The molecule has 3 heterocycles. The topological polar surface area (TPSA) is 103 Å². The van der Waals surface area contributed by atoms with Crippen LogP contribution in [0.15, 0.2) is 48.7 Å². The normalized spacial score (nSPS) is 25.7. The Morgan fingerprint density at radius 3 is 2.77 bits per heavy atom. The number of hydrogen-bond donors (Lipinski definition) is 4. The number of hydrogen-bond acceptors (Lipinski definition) is 4. The highest BCUT2D eigenvalue weighted by Crippen LogP contribution is 2.59. The molecule has 7 nitrogen and oxygen atoms in total. The molecule has 4 N–H and O–H groups in total. The van der Waals surface area contributed by atoms with E-state index in [1.807, 2.05) is 37.4 Å². The standard InChI is InChI=1S/C26H30FN3O4Si/c1-15-24(35(2,3)27)22(10-11-31)34-26(15)19-13-17(8-9-21(19)30-25(26)33)29-23(32)12-16-14-28-20-7-5-4-6-18(16)20/h4-9,13-15,22,24,28,31H,10-12H2,1-3H3,(H,29,32)(H,30,33)/t15-,22+,24-,26+/m1/s1. The molecule has 35 heavy (non-hydrogen) atoms. The molecule has 2 aliphatic rings. The number of fused-ring (bicyclic) bond motifs is 3. The zero-order valence-corrected chi connectivity index (χ0v) is 21.0. The number of carbonyl (C=O) groups is 2. The van der Waals surface area contributed by atoms with Crippen LogP contribution in [0.3, 0.4) is 0 Å². The summed E-state index contributed by atoms with van der Waals surface area (Å²) in [6, 6.07) is 13.0. The first-order valence-electron chi connectivity index (χ1n) is 11.9. The van der Waals surface area contributed by atoms with Gasteiger partial charge in [0.25, 0.3) is 5.91 Å². The summed E-state index contributed by atoms with van der Waals surface area (Å²) in [4.78, 5) is 29.3. The first-order chi connectivity index (χ1) is 16.6. The largest absolute Gasteiger partial charge is 0.396 e. The van der Waals surface area contributed by atoms with Crippen molar-refractivity contribution in [2.24, 2.45) is 5.92 Å². The molecule has 1 fully saturated rings. The maximum absolute atomic E-state index is 15.4. The van der Waals surface area contributed by atoms with Gasteiger partial charge in [0.2, 0.25) is 14.3 Å². The van der Waals surface area contributed by atoms with Crippen molar-refractivity contribution in [1.82, 2.24) is 4.98 Å². The average Bonchev–Trinajstić information content (AvgIpc) is 3.42. The predicted octanol–water partition coefficient (Wildman–Crippen LogP) is 4.46. The lowest BCUT2D eigenvalue weighted by Gasteiger charge is -2.30. The van der Waals surface area contributed by atoms with Gasteiger partial charge in [0.15, 0.2) is 5.60 Å². The Hall–Kier alpha value is -3.01. The summed E-state index contributed by atoms with van der Waals surface area (Å²) in [6.45, 7) is 4.95. The summed E-state index contributed by atoms with van der Waals surface area (Å²) in [6.07, 6.45) is 1.74. The Morgan fingerprint density at radius 1 is 1.26 bits per heavy atom. The summed E-state index contributed by atoms with van der Waals surface area (Å²) < 4.78 is 21.7. The summed E-state index contributed by atoms with van der Waals surface area (Å²) in [5, 5.41) is 16.4. The number of amides is 2. The summed E-state index contributed by atoms with van der Waals surface area (Å²) >= 11 is 0. The van der Waals surface area contributed by atoms with Gasteiger partial charge >= 0.3 is 0 Å². The molecule has 0 unspecified atom stereocenters. The van der Waals surface area contributed by atoms with Crippen LogP contribution in [0.25, 0.3) is 10.9 Å². The number of carbonyl (C=O) groups excluding carboxylic acids is 2. The second-order valence-electron chi connectivity index (χ2n) is 10.1. The van der Waals surface area contributed by atoms with E-state index in [-0.39, 0.29) is 31.3 Å². The van der Waals surface area contributed by atoms with Gasteiger partial charge in [0.1, 0.15) is 0 Å². The van der Waals surface area contributed by atoms with Crippen LogP contribution in [0.2, 0.25) is 18.6 Å². The van der Waals surface area contributed by atoms with Crippen molar-refractivity contribution in [1.29, 1.82) is 0 Å². The van der Waals surface area contributed by atoms with Crippen molar-refractivity contribution in [3.63, 3.8) is 0 Å². The van der Waals surface area contributed by atoms with Crippen LogP contribution >= 0.6 is 0 Å². The molecule has 184 valence electrons. The summed E-state index contributed by atoms with van der Waals surface area (Å²) in [7, 11) is -3.22. The lowest BCUT2D eigenvalue weighted by atomic mass is 9.82. The molecule has 3 aromatic rings. The second kappa shape index (κ2) is 8.58. The summed E-state index contributed by atoms with van der Waals surface area (Å²) in [5.74, 6) is -0.940. The Labute approximate surface area is 204 Å². The highest BCUT2D eigenvalue weighted by atomic mass is 28.4. The summed E-state index contributed by atoms with van der Waals surface area (Å²) in [5.41, 5.74) is 1.80. The highest BCUT2D eigenvalue weighted by Gasteiger charge is 2.65. The quantitative estimate of drug-likeness (QED) is 0.299. The molecule has 5 rings (SSSR count). The Kier molecular flexibility index (Phi) is 5.81.